The van der Waals surface area contributed by atoms with E-state index in [1.807, 2.05) is 4.90 Å². The number of likely N-dealkylation sites (N-methyl/N-ethyl adjacent to an activating group) is 1. The Morgan fingerprint density at radius 3 is 2.47 bits per heavy atom. The average molecular weight is 210 g/mol. The van der Waals surface area contributed by atoms with Crippen LogP contribution in [0.25, 0.3) is 0 Å². The largest absolute Gasteiger partial charge is 0.341 e. The molecule has 84 valence electrons. The Bertz CT molecular complexity index is 272. The molecule has 0 spiro atoms. The van der Waals surface area contributed by atoms with Crippen molar-refractivity contribution in [3.8, 4) is 0 Å². The van der Waals surface area contributed by atoms with Gasteiger partial charge in [0.05, 0.1) is 6.04 Å². The smallest absolute Gasteiger partial charge is 0.240 e. The predicted octanol–water partition coefficient (Wildman–Crippen LogP) is 0.176. The van der Waals surface area contributed by atoms with Crippen LogP contribution in [0.15, 0.2) is 0 Å². The van der Waals surface area contributed by atoms with E-state index < -0.39 is 0 Å². The molecule has 1 unspecified atom stereocenters. The van der Waals surface area contributed by atoms with Crippen molar-refractivity contribution in [2.75, 3.05) is 20.1 Å². The van der Waals surface area contributed by atoms with Crippen LogP contribution in [0.4, 0.5) is 0 Å². The molecule has 0 radical (unpaired) electrons. The molecule has 1 heterocycles. The van der Waals surface area contributed by atoms with Crippen LogP contribution in [-0.2, 0) is 9.59 Å². The number of Topliss-reactive ketones (excluding diaryl/α,β-unsaturated/α-hetero) is 1. The molecule has 0 aromatic rings. The van der Waals surface area contributed by atoms with E-state index in [1.165, 1.54) is 6.42 Å². The van der Waals surface area contributed by atoms with Gasteiger partial charge in [-0.05, 0) is 26.3 Å². The zero-order valence-corrected chi connectivity index (χ0v) is 9.16. The molecular weight excluding hydrogens is 192 g/mol. The Balaban J connectivity index is 1.94. The Hall–Kier alpha value is -0.900. The van der Waals surface area contributed by atoms with Crippen LogP contribution in [0.3, 0.4) is 0 Å². The summed E-state index contributed by atoms with van der Waals surface area (Å²) in [7, 11) is 1.76. The first-order valence-electron chi connectivity index (χ1n) is 5.73. The van der Waals surface area contributed by atoms with E-state index in [0.717, 1.165) is 25.9 Å². The zero-order chi connectivity index (χ0) is 10.8. The highest BCUT2D eigenvalue weighted by atomic mass is 16.2. The molecule has 1 saturated carbocycles. The highest BCUT2D eigenvalue weighted by molar-refractivity contribution is 6.02. The molecule has 15 heavy (non-hydrogen) atoms. The maximum Gasteiger partial charge on any atom is 0.240 e. The van der Waals surface area contributed by atoms with Crippen LogP contribution in [0.5, 0.6) is 0 Å². The van der Waals surface area contributed by atoms with Crippen molar-refractivity contribution >= 4 is 11.7 Å². The van der Waals surface area contributed by atoms with Crippen molar-refractivity contribution in [2.45, 2.75) is 31.7 Å². The number of carbonyl (C=O) groups excluding carboxylic acids is 2. The topological polar surface area (TPSA) is 49.4 Å². The summed E-state index contributed by atoms with van der Waals surface area (Å²) in [5.74, 6) is 0.289. The molecule has 2 atom stereocenters. The number of carbonyl (C=O) groups is 2. The van der Waals surface area contributed by atoms with E-state index in [9.17, 15) is 9.59 Å². The maximum absolute atomic E-state index is 12.1. The van der Waals surface area contributed by atoms with Crippen molar-refractivity contribution in [3.63, 3.8) is 0 Å². The molecule has 0 aromatic carbocycles. The second-order valence-electron chi connectivity index (χ2n) is 4.43. The lowest BCUT2D eigenvalue weighted by Crippen LogP contribution is -2.48. The average Bonchev–Trinajstić information content (AvgIpc) is 2.98. The van der Waals surface area contributed by atoms with Gasteiger partial charge in [-0.2, -0.15) is 0 Å². The van der Waals surface area contributed by atoms with Crippen LogP contribution in [0.1, 0.15) is 25.7 Å². The Labute approximate surface area is 90.0 Å². The summed E-state index contributed by atoms with van der Waals surface area (Å²) in [5.41, 5.74) is 0. The number of nitrogens with one attached hydrogen (secondary N) is 1. The molecule has 4 nitrogen and oxygen atoms in total. The molecule has 2 fully saturated rings. The number of rotatable bonds is 3. The fraction of sp³-hybridized carbons (Fsp3) is 0.818. The summed E-state index contributed by atoms with van der Waals surface area (Å²) >= 11 is 0. The first-order valence-corrected chi connectivity index (χ1v) is 5.73. The number of piperidine rings is 1. The van der Waals surface area contributed by atoms with Gasteiger partial charge in [0, 0.05) is 25.4 Å². The summed E-state index contributed by atoms with van der Waals surface area (Å²) in [4.78, 5) is 25.0. The summed E-state index contributed by atoms with van der Waals surface area (Å²) in [6.07, 6.45) is 3.99. The van der Waals surface area contributed by atoms with Gasteiger partial charge in [-0.15, -0.1) is 0 Å². The third-order valence-electron chi connectivity index (χ3n) is 3.32. The minimum atomic E-state index is -0.268. The number of ketones is 1. The standard InChI is InChI=1S/C11H18N2O2/c1-12-10(8-7-9(8)14)11(15)13-5-3-2-4-6-13/h8,10,12H,2-7H2,1H3/t8?,10-/m0/s1. The number of likely N-dealkylation sites (tertiary alicyclic amines) is 1. The maximum atomic E-state index is 12.1. The molecule has 2 rings (SSSR count). The van der Waals surface area contributed by atoms with Gasteiger partial charge in [0.15, 0.2) is 0 Å². The van der Waals surface area contributed by atoms with Gasteiger partial charge in [-0.1, -0.05) is 0 Å². The lowest BCUT2D eigenvalue weighted by atomic mass is 10.1. The molecule has 2 aliphatic rings. The highest BCUT2D eigenvalue weighted by Gasteiger charge is 2.45. The predicted molar refractivity (Wildman–Crippen MR) is 56.4 cm³/mol. The minimum absolute atomic E-state index is 0.0515. The Kier molecular flexibility index (Phi) is 3.05. The third kappa shape index (κ3) is 2.20. The van der Waals surface area contributed by atoms with Crippen molar-refractivity contribution < 1.29 is 9.59 Å². The summed E-state index contributed by atoms with van der Waals surface area (Å²) in [6.45, 7) is 1.72. The number of hydrogen-bond acceptors (Lipinski definition) is 3. The van der Waals surface area contributed by atoms with Crippen molar-refractivity contribution in [1.82, 2.24) is 10.2 Å². The van der Waals surface area contributed by atoms with Gasteiger partial charge < -0.3 is 10.2 Å². The number of hydrogen-bond donors (Lipinski definition) is 1. The summed E-state index contributed by atoms with van der Waals surface area (Å²) < 4.78 is 0. The molecule has 1 aliphatic heterocycles. The number of amides is 1. The zero-order valence-electron chi connectivity index (χ0n) is 9.16. The fourth-order valence-corrected chi connectivity index (χ4v) is 2.27. The van der Waals surface area contributed by atoms with Gasteiger partial charge in [0.1, 0.15) is 5.78 Å². The van der Waals surface area contributed by atoms with Gasteiger partial charge >= 0.3 is 0 Å². The summed E-state index contributed by atoms with van der Waals surface area (Å²) in [5, 5.41) is 2.98. The van der Waals surface area contributed by atoms with Crippen LogP contribution in [0, 0.1) is 5.92 Å². The molecular formula is C11H18N2O2. The van der Waals surface area contributed by atoms with Crippen molar-refractivity contribution in [3.05, 3.63) is 0 Å². The second-order valence-corrected chi connectivity index (χ2v) is 4.43. The van der Waals surface area contributed by atoms with Gasteiger partial charge in [0.25, 0.3) is 0 Å². The van der Waals surface area contributed by atoms with Crippen LogP contribution in [-0.4, -0.2) is 42.8 Å². The lowest BCUT2D eigenvalue weighted by molar-refractivity contribution is -0.135. The van der Waals surface area contributed by atoms with Crippen molar-refractivity contribution in [2.24, 2.45) is 5.92 Å². The molecule has 1 N–H and O–H groups in total. The molecule has 1 amide bonds. The van der Waals surface area contributed by atoms with Gasteiger partial charge in [-0.25, -0.2) is 0 Å². The number of nitrogens with zero attached hydrogens (tertiary/aromatic N) is 1. The second kappa shape index (κ2) is 4.31. The molecule has 0 bridgehead atoms. The Morgan fingerprint density at radius 2 is 2.00 bits per heavy atom. The first-order chi connectivity index (χ1) is 7.24. The first kappa shape index (κ1) is 10.6. The van der Waals surface area contributed by atoms with Crippen LogP contribution >= 0.6 is 0 Å². The quantitative estimate of drug-likeness (QED) is 0.722. The van der Waals surface area contributed by atoms with Crippen LogP contribution in [0.2, 0.25) is 0 Å². The van der Waals surface area contributed by atoms with Crippen LogP contribution < -0.4 is 5.32 Å². The van der Waals surface area contributed by atoms with E-state index in [4.69, 9.17) is 0 Å². The van der Waals surface area contributed by atoms with E-state index in [1.54, 1.807) is 7.05 Å². The third-order valence-corrected chi connectivity index (χ3v) is 3.32. The summed E-state index contributed by atoms with van der Waals surface area (Å²) in [6, 6.07) is -0.268. The normalized spacial score (nSPS) is 27.7. The minimum Gasteiger partial charge on any atom is -0.341 e. The van der Waals surface area contributed by atoms with Gasteiger partial charge in [-0.3, -0.25) is 9.59 Å². The van der Waals surface area contributed by atoms with E-state index >= 15 is 0 Å². The monoisotopic (exact) mass is 210 g/mol. The van der Waals surface area contributed by atoms with E-state index in [0.29, 0.717) is 6.42 Å². The van der Waals surface area contributed by atoms with E-state index in [2.05, 4.69) is 5.32 Å². The molecule has 1 aliphatic carbocycles. The Morgan fingerprint density at radius 1 is 1.40 bits per heavy atom. The van der Waals surface area contributed by atoms with Gasteiger partial charge in [0.2, 0.25) is 5.91 Å². The lowest BCUT2D eigenvalue weighted by Gasteiger charge is -2.30. The van der Waals surface area contributed by atoms with Crippen molar-refractivity contribution in [1.29, 1.82) is 0 Å². The molecule has 4 heteroatoms. The SMILES string of the molecule is CN[C@H](C(=O)N1CCCCC1)C1CC1=O. The van der Waals surface area contributed by atoms with E-state index in [-0.39, 0.29) is 23.7 Å². The molecule has 1 saturated heterocycles. The highest BCUT2D eigenvalue weighted by Crippen LogP contribution is 2.29. The molecule has 0 aromatic heterocycles. The fourth-order valence-electron chi connectivity index (χ4n) is 2.27.